The largest absolute Gasteiger partial charge is 0.382 e. The highest BCUT2D eigenvalue weighted by molar-refractivity contribution is 7.83. The van der Waals surface area contributed by atoms with E-state index in [2.05, 4.69) is 0 Å². The van der Waals surface area contributed by atoms with Crippen molar-refractivity contribution in [3.8, 4) is 0 Å². The molecule has 0 N–H and O–H groups in total. The van der Waals surface area contributed by atoms with Crippen molar-refractivity contribution in [2.24, 2.45) is 0 Å². The summed E-state index contributed by atoms with van der Waals surface area (Å²) in [6.07, 6.45) is 3.28. The minimum Gasteiger partial charge on any atom is -0.382 e. The van der Waals surface area contributed by atoms with Crippen LogP contribution in [-0.4, -0.2) is 29.9 Å². The van der Waals surface area contributed by atoms with E-state index in [0.717, 1.165) is 13.2 Å². The monoisotopic (exact) mass is 152 g/mol. The first kappa shape index (κ1) is 11.9. The lowest BCUT2D eigenvalue weighted by Gasteiger charge is -1.86. The molecule has 0 aliphatic heterocycles. The van der Waals surface area contributed by atoms with Crippen LogP contribution in [0.15, 0.2) is 0 Å². The second-order valence-electron chi connectivity index (χ2n) is 1.52. The summed E-state index contributed by atoms with van der Waals surface area (Å²) in [6.45, 7) is 5.67. The van der Waals surface area contributed by atoms with Crippen molar-refractivity contribution in [1.29, 1.82) is 0 Å². The Morgan fingerprint density at radius 2 is 1.44 bits per heavy atom. The molecule has 0 bridgehead atoms. The smallest absolute Gasteiger partial charge is 0.0437 e. The highest BCUT2D eigenvalue weighted by Crippen LogP contribution is 1.64. The summed E-state index contributed by atoms with van der Waals surface area (Å²) in [5.74, 6) is 0. The molecule has 0 fully saturated rings. The fourth-order valence-electron chi connectivity index (χ4n) is 0.204. The van der Waals surface area contributed by atoms with Gasteiger partial charge in [-0.15, -0.1) is 0 Å². The fourth-order valence-corrected chi connectivity index (χ4v) is 0.204. The molecule has 9 heavy (non-hydrogen) atoms. The molecule has 0 rings (SSSR count). The van der Waals surface area contributed by atoms with Crippen LogP contribution in [0.1, 0.15) is 13.8 Å². The third kappa shape index (κ3) is 68.0. The third-order valence-corrected chi connectivity index (χ3v) is 0.408. The van der Waals surface area contributed by atoms with Crippen molar-refractivity contribution in [2.45, 2.75) is 13.8 Å². The normalized spacial score (nSPS) is 8.56. The van der Waals surface area contributed by atoms with E-state index < -0.39 is 10.8 Å². The van der Waals surface area contributed by atoms with Gasteiger partial charge in [0.1, 0.15) is 0 Å². The zero-order valence-corrected chi connectivity index (χ0v) is 7.46. The van der Waals surface area contributed by atoms with Gasteiger partial charge in [0, 0.05) is 36.5 Å². The summed E-state index contributed by atoms with van der Waals surface area (Å²) in [5.41, 5.74) is 0. The molecule has 0 unspecified atom stereocenters. The van der Waals surface area contributed by atoms with Crippen LogP contribution in [0.2, 0.25) is 0 Å². The Kier molecular flexibility index (Phi) is 14.5. The molecule has 3 heteroatoms. The standard InChI is InChI=1S/C4H10O.C2H6OS/c1-3-5-4-2;1-4(2)3/h3-4H2,1-2H3;1-2H3. The van der Waals surface area contributed by atoms with E-state index >= 15 is 0 Å². The van der Waals surface area contributed by atoms with E-state index in [4.69, 9.17) is 4.74 Å². The van der Waals surface area contributed by atoms with Crippen LogP contribution in [-0.2, 0) is 15.5 Å². The first-order chi connectivity index (χ1) is 4.15. The Labute approximate surface area is 60.1 Å². The molecule has 0 aromatic carbocycles. The second kappa shape index (κ2) is 11.0. The number of rotatable bonds is 2. The molecule has 0 aromatic heterocycles. The maximum Gasteiger partial charge on any atom is 0.0437 e. The predicted octanol–water partition coefficient (Wildman–Crippen LogP) is 1.04. The third-order valence-electron chi connectivity index (χ3n) is 0.408. The summed E-state index contributed by atoms with van der Waals surface area (Å²) in [5, 5.41) is 0. The molecule has 2 nitrogen and oxygen atoms in total. The van der Waals surface area contributed by atoms with E-state index in [1.54, 1.807) is 12.5 Å². The number of hydrogen-bond donors (Lipinski definition) is 0. The van der Waals surface area contributed by atoms with Crippen LogP contribution >= 0.6 is 0 Å². The molecular formula is C6H16O2S. The van der Waals surface area contributed by atoms with E-state index in [-0.39, 0.29) is 0 Å². The fraction of sp³-hybridized carbons (Fsp3) is 1.00. The Morgan fingerprint density at radius 3 is 1.44 bits per heavy atom. The molecule has 0 atom stereocenters. The summed E-state index contributed by atoms with van der Waals surface area (Å²) < 4.78 is 14.4. The van der Waals surface area contributed by atoms with Crippen molar-refractivity contribution in [3.05, 3.63) is 0 Å². The first-order valence-electron chi connectivity index (χ1n) is 2.97. The second-order valence-corrected chi connectivity index (χ2v) is 3.01. The van der Waals surface area contributed by atoms with Crippen molar-refractivity contribution in [1.82, 2.24) is 0 Å². The van der Waals surface area contributed by atoms with E-state index in [9.17, 15) is 4.21 Å². The van der Waals surface area contributed by atoms with Gasteiger partial charge in [0.2, 0.25) is 0 Å². The molecule has 0 aliphatic carbocycles. The average molecular weight is 152 g/mol. The van der Waals surface area contributed by atoms with Crippen LogP contribution in [0.4, 0.5) is 0 Å². The minimum atomic E-state index is -0.611. The predicted molar refractivity (Wildman–Crippen MR) is 42.2 cm³/mol. The van der Waals surface area contributed by atoms with Gasteiger partial charge in [-0.05, 0) is 13.8 Å². The Morgan fingerprint density at radius 1 is 1.22 bits per heavy atom. The van der Waals surface area contributed by atoms with E-state index in [0.29, 0.717) is 0 Å². The molecule has 0 radical (unpaired) electrons. The van der Waals surface area contributed by atoms with E-state index in [1.165, 1.54) is 0 Å². The minimum absolute atomic E-state index is 0.611. The molecule has 0 aromatic rings. The Hall–Kier alpha value is 0.110. The van der Waals surface area contributed by atoms with Crippen LogP contribution in [0.3, 0.4) is 0 Å². The Bertz CT molecular complexity index is 58.1. The molecule has 0 heterocycles. The van der Waals surface area contributed by atoms with Crippen molar-refractivity contribution >= 4 is 10.8 Å². The molecule has 0 saturated carbocycles. The van der Waals surface area contributed by atoms with Crippen molar-refractivity contribution in [2.75, 3.05) is 25.7 Å². The van der Waals surface area contributed by atoms with Crippen LogP contribution < -0.4 is 0 Å². The van der Waals surface area contributed by atoms with Gasteiger partial charge in [-0.3, -0.25) is 4.21 Å². The highest BCUT2D eigenvalue weighted by Gasteiger charge is 1.64. The van der Waals surface area contributed by atoms with Gasteiger partial charge in [0.15, 0.2) is 0 Å². The van der Waals surface area contributed by atoms with Crippen LogP contribution in [0, 0.1) is 0 Å². The van der Waals surface area contributed by atoms with Crippen molar-refractivity contribution in [3.63, 3.8) is 0 Å². The highest BCUT2D eigenvalue weighted by atomic mass is 32.2. The summed E-state index contributed by atoms with van der Waals surface area (Å²) in [7, 11) is -0.611. The summed E-state index contributed by atoms with van der Waals surface area (Å²) >= 11 is 0. The van der Waals surface area contributed by atoms with E-state index in [1.807, 2.05) is 13.8 Å². The lowest BCUT2D eigenvalue weighted by molar-refractivity contribution is 0.162. The van der Waals surface area contributed by atoms with Gasteiger partial charge < -0.3 is 4.74 Å². The summed E-state index contributed by atoms with van der Waals surface area (Å²) in [4.78, 5) is 0. The van der Waals surface area contributed by atoms with Crippen LogP contribution in [0.25, 0.3) is 0 Å². The quantitative estimate of drug-likeness (QED) is 0.591. The maximum atomic E-state index is 9.56. The Balaban J connectivity index is 0. The van der Waals surface area contributed by atoms with Gasteiger partial charge in [-0.2, -0.15) is 0 Å². The molecule has 0 amide bonds. The van der Waals surface area contributed by atoms with Gasteiger partial charge in [0.05, 0.1) is 0 Å². The SMILES string of the molecule is CCOCC.CS(C)=O. The average Bonchev–Trinajstić information content (AvgIpc) is 1.66. The van der Waals surface area contributed by atoms with Crippen LogP contribution in [0.5, 0.6) is 0 Å². The first-order valence-corrected chi connectivity index (χ1v) is 4.94. The lowest BCUT2D eigenvalue weighted by atomic mass is 10.8. The van der Waals surface area contributed by atoms with Gasteiger partial charge in [0.25, 0.3) is 0 Å². The van der Waals surface area contributed by atoms with Gasteiger partial charge in [-0.25, -0.2) is 0 Å². The summed E-state index contributed by atoms with van der Waals surface area (Å²) in [6, 6.07) is 0. The molecule has 0 aliphatic rings. The molecule has 58 valence electrons. The zero-order chi connectivity index (χ0) is 7.70. The number of hydrogen-bond acceptors (Lipinski definition) is 2. The maximum absolute atomic E-state index is 9.56. The number of ether oxygens (including phenoxy) is 1. The van der Waals surface area contributed by atoms with Gasteiger partial charge in [-0.1, -0.05) is 0 Å². The molecule has 0 saturated heterocycles. The molecule has 0 spiro atoms. The van der Waals surface area contributed by atoms with Crippen molar-refractivity contribution < 1.29 is 8.95 Å². The topological polar surface area (TPSA) is 26.3 Å². The zero-order valence-electron chi connectivity index (χ0n) is 6.64. The lowest BCUT2D eigenvalue weighted by Crippen LogP contribution is -1.84. The van der Waals surface area contributed by atoms with Gasteiger partial charge >= 0.3 is 0 Å². The molecular weight excluding hydrogens is 136 g/mol.